The molecule has 1 heterocycles. The number of hydrazone groups is 1. The fourth-order valence-electron chi connectivity index (χ4n) is 2.45. The predicted octanol–water partition coefficient (Wildman–Crippen LogP) is 2.56. The monoisotopic (exact) mass is 425 g/mol. The average Bonchev–Trinajstić information content (AvgIpc) is 3.04. The van der Waals surface area contributed by atoms with E-state index < -0.39 is 5.91 Å². The molecule has 2 amide bonds. The standard InChI is InChI=1S/C19H16BrN5O2/c20-16-8-4-7-14(9-16)19(27)23-22-10-15-11-25(12-17(21)26)24-18(15)13-5-2-1-3-6-13/h1-11H,12H2,(H2,21,26)(H,23,27). The zero-order chi connectivity index (χ0) is 19.2. The van der Waals surface area contributed by atoms with Crippen LogP contribution in [-0.2, 0) is 11.3 Å². The summed E-state index contributed by atoms with van der Waals surface area (Å²) in [6, 6.07) is 16.5. The minimum absolute atomic E-state index is 0.0436. The second-order valence-electron chi connectivity index (χ2n) is 5.67. The molecule has 0 radical (unpaired) electrons. The number of carbonyl (C=O) groups excluding carboxylic acids is 2. The van der Waals surface area contributed by atoms with Gasteiger partial charge in [0.05, 0.1) is 6.21 Å². The number of halogens is 1. The van der Waals surface area contributed by atoms with Gasteiger partial charge in [0, 0.05) is 27.4 Å². The molecule has 2 aromatic carbocycles. The summed E-state index contributed by atoms with van der Waals surface area (Å²) in [6.07, 6.45) is 3.14. The normalized spacial score (nSPS) is 10.9. The van der Waals surface area contributed by atoms with E-state index in [0.717, 1.165) is 10.0 Å². The van der Waals surface area contributed by atoms with Crippen LogP contribution in [0.15, 0.2) is 70.4 Å². The maximum atomic E-state index is 12.2. The van der Waals surface area contributed by atoms with E-state index >= 15 is 0 Å². The number of hydrogen-bond donors (Lipinski definition) is 2. The summed E-state index contributed by atoms with van der Waals surface area (Å²) in [6.45, 7) is -0.0436. The SMILES string of the molecule is NC(=O)Cn1cc(C=NNC(=O)c2cccc(Br)c2)c(-c2ccccc2)n1. The molecule has 7 nitrogen and oxygen atoms in total. The second kappa shape index (κ2) is 8.41. The molecule has 0 unspecified atom stereocenters. The molecule has 0 spiro atoms. The first-order valence-electron chi connectivity index (χ1n) is 8.03. The number of nitrogens with zero attached hydrogens (tertiary/aromatic N) is 3. The van der Waals surface area contributed by atoms with Gasteiger partial charge in [-0.05, 0) is 18.2 Å². The van der Waals surface area contributed by atoms with Crippen LogP contribution in [-0.4, -0.2) is 27.8 Å². The molecule has 8 heteroatoms. The summed E-state index contributed by atoms with van der Waals surface area (Å²) in [7, 11) is 0. The van der Waals surface area contributed by atoms with Gasteiger partial charge in [-0.25, -0.2) is 5.43 Å². The van der Waals surface area contributed by atoms with E-state index in [4.69, 9.17) is 5.73 Å². The average molecular weight is 426 g/mol. The van der Waals surface area contributed by atoms with E-state index in [1.807, 2.05) is 36.4 Å². The zero-order valence-corrected chi connectivity index (χ0v) is 15.8. The molecule has 0 fully saturated rings. The third kappa shape index (κ3) is 4.89. The van der Waals surface area contributed by atoms with E-state index in [9.17, 15) is 9.59 Å². The van der Waals surface area contributed by atoms with Crippen molar-refractivity contribution in [2.24, 2.45) is 10.8 Å². The van der Waals surface area contributed by atoms with Gasteiger partial charge in [-0.3, -0.25) is 14.3 Å². The van der Waals surface area contributed by atoms with Crippen LogP contribution in [0.1, 0.15) is 15.9 Å². The van der Waals surface area contributed by atoms with Crippen LogP contribution < -0.4 is 11.2 Å². The number of hydrogen-bond acceptors (Lipinski definition) is 4. The summed E-state index contributed by atoms with van der Waals surface area (Å²) in [5, 5.41) is 8.41. The molecule has 0 aliphatic carbocycles. The van der Waals surface area contributed by atoms with Crippen LogP contribution in [0, 0.1) is 0 Å². The molecule has 3 rings (SSSR count). The maximum Gasteiger partial charge on any atom is 0.271 e. The van der Waals surface area contributed by atoms with Gasteiger partial charge in [-0.1, -0.05) is 52.3 Å². The Morgan fingerprint density at radius 3 is 2.67 bits per heavy atom. The highest BCUT2D eigenvalue weighted by atomic mass is 79.9. The number of primary amides is 1. The van der Waals surface area contributed by atoms with Crippen LogP contribution in [0.25, 0.3) is 11.3 Å². The second-order valence-corrected chi connectivity index (χ2v) is 6.59. The van der Waals surface area contributed by atoms with Crippen molar-refractivity contribution in [3.05, 3.63) is 76.4 Å². The third-order valence-corrected chi connectivity index (χ3v) is 4.10. The highest BCUT2D eigenvalue weighted by Gasteiger charge is 2.11. The number of rotatable bonds is 6. The van der Waals surface area contributed by atoms with Crippen LogP contribution in [0.4, 0.5) is 0 Å². The van der Waals surface area contributed by atoms with Gasteiger partial charge in [0.2, 0.25) is 5.91 Å². The van der Waals surface area contributed by atoms with Gasteiger partial charge in [0.1, 0.15) is 12.2 Å². The number of nitrogens with one attached hydrogen (secondary N) is 1. The molecule has 0 saturated heterocycles. The van der Waals surface area contributed by atoms with Gasteiger partial charge in [-0.15, -0.1) is 0 Å². The van der Waals surface area contributed by atoms with Crippen LogP contribution in [0.3, 0.4) is 0 Å². The van der Waals surface area contributed by atoms with E-state index in [1.54, 1.807) is 24.4 Å². The predicted molar refractivity (Wildman–Crippen MR) is 106 cm³/mol. The molecule has 136 valence electrons. The minimum Gasteiger partial charge on any atom is -0.368 e. The third-order valence-electron chi connectivity index (χ3n) is 3.61. The highest BCUT2D eigenvalue weighted by Crippen LogP contribution is 2.20. The lowest BCUT2D eigenvalue weighted by atomic mass is 10.1. The molecule has 0 aliphatic rings. The fraction of sp³-hybridized carbons (Fsp3) is 0.0526. The highest BCUT2D eigenvalue weighted by molar-refractivity contribution is 9.10. The first kappa shape index (κ1) is 18.5. The van der Waals surface area contributed by atoms with Crippen molar-refractivity contribution in [2.75, 3.05) is 0 Å². The molecule has 27 heavy (non-hydrogen) atoms. The van der Waals surface area contributed by atoms with Crippen molar-refractivity contribution in [1.82, 2.24) is 15.2 Å². The van der Waals surface area contributed by atoms with Gasteiger partial charge >= 0.3 is 0 Å². The molecular formula is C19H16BrN5O2. The Kier molecular flexibility index (Phi) is 5.77. The molecule has 0 atom stereocenters. The Hall–Kier alpha value is -3.26. The van der Waals surface area contributed by atoms with Gasteiger partial charge in [0.25, 0.3) is 5.91 Å². The number of aromatic nitrogens is 2. The summed E-state index contributed by atoms with van der Waals surface area (Å²) >= 11 is 3.33. The lowest BCUT2D eigenvalue weighted by molar-refractivity contribution is -0.118. The number of amides is 2. The number of carbonyl (C=O) groups is 2. The summed E-state index contributed by atoms with van der Waals surface area (Å²) in [5.41, 5.74) is 10.4. The van der Waals surface area contributed by atoms with E-state index in [-0.39, 0.29) is 12.5 Å². The van der Waals surface area contributed by atoms with E-state index in [0.29, 0.717) is 16.8 Å². The zero-order valence-electron chi connectivity index (χ0n) is 14.2. The van der Waals surface area contributed by atoms with Crippen molar-refractivity contribution >= 4 is 34.0 Å². The molecule has 0 aliphatic heterocycles. The molecule has 1 aromatic heterocycles. The first-order valence-corrected chi connectivity index (χ1v) is 8.82. The fourth-order valence-corrected chi connectivity index (χ4v) is 2.85. The lowest BCUT2D eigenvalue weighted by Gasteiger charge is -2.00. The Morgan fingerprint density at radius 2 is 1.96 bits per heavy atom. The Morgan fingerprint density at radius 1 is 1.19 bits per heavy atom. The molecule has 3 N–H and O–H groups in total. The van der Waals surface area contributed by atoms with Crippen molar-refractivity contribution in [3.8, 4) is 11.3 Å². The van der Waals surface area contributed by atoms with Crippen molar-refractivity contribution in [2.45, 2.75) is 6.54 Å². The van der Waals surface area contributed by atoms with E-state index in [1.165, 1.54) is 10.9 Å². The number of nitrogens with two attached hydrogens (primary N) is 1. The Balaban J connectivity index is 1.82. The van der Waals surface area contributed by atoms with Crippen molar-refractivity contribution in [1.29, 1.82) is 0 Å². The van der Waals surface area contributed by atoms with Crippen LogP contribution >= 0.6 is 15.9 Å². The Bertz CT molecular complexity index is 998. The molecular weight excluding hydrogens is 410 g/mol. The number of benzene rings is 2. The van der Waals surface area contributed by atoms with E-state index in [2.05, 4.69) is 31.6 Å². The summed E-state index contributed by atoms with van der Waals surface area (Å²) in [5.74, 6) is -0.832. The quantitative estimate of drug-likeness (QED) is 0.468. The topological polar surface area (TPSA) is 102 Å². The van der Waals surface area contributed by atoms with Crippen molar-refractivity contribution < 1.29 is 9.59 Å². The van der Waals surface area contributed by atoms with Gasteiger partial charge < -0.3 is 5.73 Å². The van der Waals surface area contributed by atoms with Crippen LogP contribution in [0.5, 0.6) is 0 Å². The maximum absolute atomic E-state index is 12.2. The largest absolute Gasteiger partial charge is 0.368 e. The lowest BCUT2D eigenvalue weighted by Crippen LogP contribution is -2.18. The van der Waals surface area contributed by atoms with Crippen molar-refractivity contribution in [3.63, 3.8) is 0 Å². The summed E-state index contributed by atoms with van der Waals surface area (Å²) in [4.78, 5) is 23.3. The smallest absolute Gasteiger partial charge is 0.271 e. The molecule has 0 bridgehead atoms. The van der Waals surface area contributed by atoms with Gasteiger partial charge in [0.15, 0.2) is 0 Å². The first-order chi connectivity index (χ1) is 13.0. The van der Waals surface area contributed by atoms with Gasteiger partial charge in [-0.2, -0.15) is 10.2 Å². The molecule has 3 aromatic rings. The molecule has 0 saturated carbocycles. The minimum atomic E-state index is -0.497. The van der Waals surface area contributed by atoms with Crippen LogP contribution in [0.2, 0.25) is 0 Å². The Labute approximate surface area is 164 Å². The summed E-state index contributed by atoms with van der Waals surface area (Å²) < 4.78 is 2.25.